The van der Waals surface area contributed by atoms with E-state index in [9.17, 15) is 0 Å². The maximum atomic E-state index is 6.47. The molecule has 2 atom stereocenters. The third-order valence-corrected chi connectivity index (χ3v) is 7.33. The van der Waals surface area contributed by atoms with Crippen molar-refractivity contribution in [3.05, 3.63) is 66.7 Å². The molecule has 2 fully saturated rings. The lowest BCUT2D eigenvalue weighted by Crippen LogP contribution is -2.03. The van der Waals surface area contributed by atoms with Crippen molar-refractivity contribution in [3.63, 3.8) is 0 Å². The van der Waals surface area contributed by atoms with Gasteiger partial charge >= 0.3 is 0 Å². The number of ether oxygens (including phenoxy) is 4. The van der Waals surface area contributed by atoms with Gasteiger partial charge < -0.3 is 23.5 Å². The number of fused-ring (bicyclic) bond motifs is 3. The van der Waals surface area contributed by atoms with Gasteiger partial charge in [-0.25, -0.2) is 0 Å². The summed E-state index contributed by atoms with van der Waals surface area (Å²) in [7, 11) is -0.957. The molecule has 0 spiro atoms. The number of rotatable bonds is 8. The third-order valence-electron chi connectivity index (χ3n) is 5.28. The molecule has 6 heteroatoms. The SMILES string of the molecule is c1ccc(Op2c3ccc(OCC4CO4)cc3c3cc(OCC4CO4)ccc32)cc1. The van der Waals surface area contributed by atoms with Crippen LogP contribution in [0.1, 0.15) is 0 Å². The zero-order chi connectivity index (χ0) is 19.9. The Morgan fingerprint density at radius 1 is 0.700 bits per heavy atom. The van der Waals surface area contributed by atoms with Gasteiger partial charge in [0.05, 0.1) is 21.0 Å². The minimum atomic E-state index is -0.957. The molecule has 0 N–H and O–H groups in total. The third kappa shape index (κ3) is 3.72. The highest BCUT2D eigenvalue weighted by Crippen LogP contribution is 2.51. The molecule has 0 saturated carbocycles. The lowest BCUT2D eigenvalue weighted by atomic mass is 10.1. The maximum Gasteiger partial charge on any atom is 0.130 e. The van der Waals surface area contributed by atoms with E-state index >= 15 is 0 Å². The van der Waals surface area contributed by atoms with Gasteiger partial charge in [-0.15, -0.1) is 0 Å². The van der Waals surface area contributed by atoms with Crippen LogP contribution in [-0.4, -0.2) is 38.6 Å². The summed E-state index contributed by atoms with van der Waals surface area (Å²) in [6.07, 6.45) is 0.461. The smallest absolute Gasteiger partial charge is 0.130 e. The molecular formula is C24H21O5P. The molecule has 5 nitrogen and oxygen atoms in total. The first-order valence-electron chi connectivity index (χ1n) is 10.1. The van der Waals surface area contributed by atoms with E-state index in [1.165, 1.54) is 10.2 Å². The molecule has 30 heavy (non-hydrogen) atoms. The molecule has 3 heterocycles. The number of hydrogen-bond acceptors (Lipinski definition) is 5. The van der Waals surface area contributed by atoms with Crippen molar-refractivity contribution < 1.29 is 23.5 Å². The molecule has 0 aliphatic carbocycles. The number of epoxide rings is 2. The topological polar surface area (TPSA) is 52.8 Å². The fourth-order valence-corrected chi connectivity index (χ4v) is 5.53. The van der Waals surface area contributed by atoms with Crippen LogP contribution in [-0.2, 0) is 9.47 Å². The first kappa shape index (κ1) is 18.1. The van der Waals surface area contributed by atoms with Gasteiger partial charge in [-0.2, -0.15) is 0 Å². The average Bonchev–Trinajstić information content (AvgIpc) is 3.71. The number of benzene rings is 3. The van der Waals surface area contributed by atoms with Crippen LogP contribution in [0.5, 0.6) is 17.2 Å². The Morgan fingerprint density at radius 2 is 1.23 bits per heavy atom. The van der Waals surface area contributed by atoms with Gasteiger partial charge in [-0.3, -0.25) is 0 Å². The van der Waals surface area contributed by atoms with E-state index in [1.807, 2.05) is 42.5 Å². The van der Waals surface area contributed by atoms with Gasteiger partial charge in [0.1, 0.15) is 42.7 Å². The Labute approximate surface area is 175 Å². The summed E-state index contributed by atoms with van der Waals surface area (Å²) >= 11 is 0. The Hall–Kier alpha value is -2.72. The van der Waals surface area contributed by atoms with Crippen molar-refractivity contribution in [2.75, 3.05) is 26.4 Å². The van der Waals surface area contributed by atoms with Crippen molar-refractivity contribution in [1.29, 1.82) is 0 Å². The van der Waals surface area contributed by atoms with Gasteiger partial charge in [0.25, 0.3) is 0 Å². The van der Waals surface area contributed by atoms with Crippen LogP contribution in [0.2, 0.25) is 0 Å². The summed E-state index contributed by atoms with van der Waals surface area (Å²) in [5, 5.41) is 4.69. The van der Waals surface area contributed by atoms with Gasteiger partial charge in [0.15, 0.2) is 0 Å². The minimum Gasteiger partial charge on any atom is -0.491 e. The highest BCUT2D eigenvalue weighted by Gasteiger charge is 2.24. The molecule has 2 saturated heterocycles. The molecule has 0 radical (unpaired) electrons. The molecule has 6 rings (SSSR count). The normalized spacial score (nSPS) is 20.3. The van der Waals surface area contributed by atoms with Gasteiger partial charge in [0, 0.05) is 21.0 Å². The van der Waals surface area contributed by atoms with Crippen molar-refractivity contribution in [2.45, 2.75) is 12.2 Å². The van der Waals surface area contributed by atoms with E-state index in [4.69, 9.17) is 23.5 Å². The molecule has 2 aliphatic heterocycles. The van der Waals surface area contributed by atoms with E-state index in [0.717, 1.165) is 41.2 Å². The van der Waals surface area contributed by atoms with Crippen molar-refractivity contribution in [1.82, 2.24) is 0 Å². The average molecular weight is 420 g/mol. The highest BCUT2D eigenvalue weighted by atomic mass is 31.1. The quantitative estimate of drug-likeness (QED) is 0.359. The van der Waals surface area contributed by atoms with Crippen LogP contribution in [0, 0.1) is 0 Å². The van der Waals surface area contributed by atoms with E-state index in [-0.39, 0.29) is 12.2 Å². The zero-order valence-corrected chi connectivity index (χ0v) is 17.2. The summed E-state index contributed by atoms with van der Waals surface area (Å²) in [5.74, 6) is 2.58. The summed E-state index contributed by atoms with van der Waals surface area (Å²) in [5.41, 5.74) is 0. The standard InChI is InChI=1S/C24H21O5P/c1-2-4-16(5-3-1)29-30-23-8-6-17(25-12-19-14-27-19)10-21(23)22-11-18(7-9-24(22)30)26-13-20-15-28-20/h1-11,19-20H,12-15H2. The van der Waals surface area contributed by atoms with Gasteiger partial charge in [0.2, 0.25) is 0 Å². The predicted octanol–water partition coefficient (Wildman–Crippen LogP) is 5.38. The number of para-hydroxylation sites is 1. The molecule has 2 unspecified atom stereocenters. The first-order chi connectivity index (χ1) is 14.8. The van der Waals surface area contributed by atoms with Crippen LogP contribution in [0.15, 0.2) is 66.7 Å². The van der Waals surface area contributed by atoms with Crippen molar-refractivity contribution in [2.24, 2.45) is 0 Å². The van der Waals surface area contributed by atoms with E-state index in [2.05, 4.69) is 24.3 Å². The Bertz CT molecular complexity index is 1120. The molecule has 2 aliphatic rings. The Morgan fingerprint density at radius 3 is 1.73 bits per heavy atom. The second-order valence-corrected chi connectivity index (χ2v) is 9.32. The van der Waals surface area contributed by atoms with Gasteiger partial charge in [-0.1, -0.05) is 18.2 Å². The Kier molecular flexibility index (Phi) is 4.53. The van der Waals surface area contributed by atoms with Crippen LogP contribution in [0.3, 0.4) is 0 Å². The first-order valence-corrected chi connectivity index (χ1v) is 11.4. The van der Waals surface area contributed by atoms with Crippen LogP contribution in [0.25, 0.3) is 21.0 Å². The molecule has 1 aromatic heterocycles. The summed E-state index contributed by atoms with van der Waals surface area (Å²) in [6, 6.07) is 22.5. The number of hydrogen-bond donors (Lipinski definition) is 0. The second kappa shape index (κ2) is 7.51. The largest absolute Gasteiger partial charge is 0.491 e. The molecule has 4 aromatic rings. The fourth-order valence-electron chi connectivity index (χ4n) is 3.52. The second-order valence-electron chi connectivity index (χ2n) is 7.59. The summed E-state index contributed by atoms with van der Waals surface area (Å²) in [6.45, 7) is 2.75. The van der Waals surface area contributed by atoms with E-state index < -0.39 is 7.76 Å². The van der Waals surface area contributed by atoms with Gasteiger partial charge in [-0.05, 0) is 48.5 Å². The van der Waals surface area contributed by atoms with E-state index in [1.54, 1.807) is 0 Å². The lowest BCUT2D eigenvalue weighted by molar-refractivity contribution is 0.263. The molecule has 0 bridgehead atoms. The Balaban J connectivity index is 1.42. The molecule has 0 amide bonds. The van der Waals surface area contributed by atoms with Crippen LogP contribution in [0.4, 0.5) is 0 Å². The molecular weight excluding hydrogens is 399 g/mol. The fraction of sp³-hybridized carbons (Fsp3) is 0.250. The van der Waals surface area contributed by atoms with Crippen LogP contribution < -0.4 is 14.0 Å². The monoisotopic (exact) mass is 420 g/mol. The van der Waals surface area contributed by atoms with Crippen LogP contribution >= 0.6 is 7.76 Å². The minimum absolute atomic E-state index is 0.230. The summed E-state index contributed by atoms with van der Waals surface area (Å²) < 4.78 is 28.9. The summed E-state index contributed by atoms with van der Waals surface area (Å²) in [4.78, 5) is 0. The van der Waals surface area contributed by atoms with Crippen molar-refractivity contribution in [3.8, 4) is 17.2 Å². The molecule has 152 valence electrons. The zero-order valence-electron chi connectivity index (χ0n) is 16.3. The predicted molar refractivity (Wildman–Crippen MR) is 117 cm³/mol. The van der Waals surface area contributed by atoms with Crippen molar-refractivity contribution >= 4 is 28.8 Å². The molecule has 3 aromatic carbocycles. The highest BCUT2D eigenvalue weighted by molar-refractivity contribution is 7.57. The lowest BCUT2D eigenvalue weighted by Gasteiger charge is -2.07. The maximum absolute atomic E-state index is 6.47. The van der Waals surface area contributed by atoms with E-state index in [0.29, 0.717) is 13.2 Å².